The van der Waals surface area contributed by atoms with E-state index in [0.717, 1.165) is 19.0 Å². The van der Waals surface area contributed by atoms with E-state index >= 15 is 0 Å². The molecule has 0 radical (unpaired) electrons. The fraction of sp³-hybridized carbons (Fsp3) is 1.00. The zero-order chi connectivity index (χ0) is 11.7. The maximum atomic E-state index is 5.86. The molecule has 0 aliphatic rings. The summed E-state index contributed by atoms with van der Waals surface area (Å²) in [6.45, 7) is 12.1. The van der Waals surface area contributed by atoms with E-state index in [2.05, 4.69) is 32.6 Å². The standard InChI is InChI=1S/C12H28N2S/c1-5-14(10-11(3)4)12(9-13)7-8-15-6-2/h11-12H,5-10,13H2,1-4H3. The molecular weight excluding hydrogens is 204 g/mol. The van der Waals surface area contributed by atoms with Gasteiger partial charge in [0.25, 0.3) is 0 Å². The molecule has 2 N–H and O–H groups in total. The molecule has 0 rings (SSSR count). The summed E-state index contributed by atoms with van der Waals surface area (Å²) in [5.74, 6) is 3.19. The molecule has 0 amide bonds. The lowest BCUT2D eigenvalue weighted by Crippen LogP contribution is -2.42. The van der Waals surface area contributed by atoms with Crippen LogP contribution in [0.15, 0.2) is 0 Å². The van der Waals surface area contributed by atoms with Crippen molar-refractivity contribution in [3.63, 3.8) is 0 Å². The molecule has 15 heavy (non-hydrogen) atoms. The van der Waals surface area contributed by atoms with E-state index in [1.165, 1.54) is 24.5 Å². The molecule has 92 valence electrons. The van der Waals surface area contributed by atoms with Crippen LogP contribution in [-0.2, 0) is 0 Å². The lowest BCUT2D eigenvalue weighted by atomic mass is 10.1. The Morgan fingerprint density at radius 1 is 1.27 bits per heavy atom. The number of hydrogen-bond donors (Lipinski definition) is 1. The van der Waals surface area contributed by atoms with Crippen LogP contribution in [0, 0.1) is 5.92 Å². The van der Waals surface area contributed by atoms with Crippen LogP contribution in [0.5, 0.6) is 0 Å². The molecule has 0 aromatic heterocycles. The predicted molar refractivity (Wildman–Crippen MR) is 72.5 cm³/mol. The first-order valence-electron chi connectivity index (χ1n) is 6.17. The van der Waals surface area contributed by atoms with E-state index in [4.69, 9.17) is 5.73 Å². The molecule has 3 heteroatoms. The average molecular weight is 232 g/mol. The first-order valence-corrected chi connectivity index (χ1v) is 7.32. The second-order valence-electron chi connectivity index (χ2n) is 4.36. The van der Waals surface area contributed by atoms with Gasteiger partial charge in [0, 0.05) is 19.1 Å². The van der Waals surface area contributed by atoms with Gasteiger partial charge in [-0.1, -0.05) is 27.7 Å². The highest BCUT2D eigenvalue weighted by atomic mass is 32.2. The third-order valence-electron chi connectivity index (χ3n) is 2.59. The maximum Gasteiger partial charge on any atom is 0.0226 e. The van der Waals surface area contributed by atoms with Crippen molar-refractivity contribution in [3.8, 4) is 0 Å². The molecule has 0 aromatic rings. The molecule has 0 aliphatic carbocycles. The quantitative estimate of drug-likeness (QED) is 0.619. The topological polar surface area (TPSA) is 29.3 Å². The summed E-state index contributed by atoms with van der Waals surface area (Å²) in [5.41, 5.74) is 5.86. The number of rotatable bonds is 9. The molecular formula is C12H28N2S. The molecule has 0 heterocycles. The molecule has 0 bridgehead atoms. The van der Waals surface area contributed by atoms with Gasteiger partial charge in [-0.2, -0.15) is 11.8 Å². The summed E-state index contributed by atoms with van der Waals surface area (Å²) in [4.78, 5) is 2.53. The van der Waals surface area contributed by atoms with Gasteiger partial charge in [-0.3, -0.25) is 4.90 Å². The van der Waals surface area contributed by atoms with E-state index < -0.39 is 0 Å². The Morgan fingerprint density at radius 2 is 1.93 bits per heavy atom. The monoisotopic (exact) mass is 232 g/mol. The molecule has 1 unspecified atom stereocenters. The number of likely N-dealkylation sites (N-methyl/N-ethyl adjacent to an activating group) is 1. The van der Waals surface area contributed by atoms with Gasteiger partial charge in [0.15, 0.2) is 0 Å². The molecule has 0 saturated carbocycles. The molecule has 0 saturated heterocycles. The van der Waals surface area contributed by atoms with Crippen molar-refractivity contribution in [2.75, 3.05) is 31.1 Å². The van der Waals surface area contributed by atoms with Gasteiger partial charge in [-0.25, -0.2) is 0 Å². The summed E-state index contributed by atoms with van der Waals surface area (Å²) < 4.78 is 0. The summed E-state index contributed by atoms with van der Waals surface area (Å²) in [7, 11) is 0. The molecule has 1 atom stereocenters. The molecule has 0 aliphatic heterocycles. The Hall–Kier alpha value is 0.270. The van der Waals surface area contributed by atoms with E-state index in [0.29, 0.717) is 6.04 Å². The summed E-state index contributed by atoms with van der Waals surface area (Å²) in [5, 5.41) is 0. The van der Waals surface area contributed by atoms with Gasteiger partial charge in [-0.05, 0) is 30.4 Å². The van der Waals surface area contributed by atoms with Crippen LogP contribution in [0.1, 0.15) is 34.1 Å². The fourth-order valence-corrected chi connectivity index (χ4v) is 2.55. The minimum atomic E-state index is 0.580. The second kappa shape index (κ2) is 9.49. The van der Waals surface area contributed by atoms with Crippen LogP contribution in [0.4, 0.5) is 0 Å². The van der Waals surface area contributed by atoms with Gasteiger partial charge in [-0.15, -0.1) is 0 Å². The normalized spacial score (nSPS) is 13.8. The predicted octanol–water partition coefficient (Wildman–Crippen LogP) is 2.43. The molecule has 0 fully saturated rings. The highest BCUT2D eigenvalue weighted by Crippen LogP contribution is 2.11. The van der Waals surface area contributed by atoms with Crippen molar-refractivity contribution in [1.29, 1.82) is 0 Å². The van der Waals surface area contributed by atoms with E-state index in [1.54, 1.807) is 0 Å². The number of thioether (sulfide) groups is 1. The Morgan fingerprint density at radius 3 is 2.33 bits per heavy atom. The lowest BCUT2D eigenvalue weighted by molar-refractivity contribution is 0.184. The third-order valence-corrected chi connectivity index (χ3v) is 3.53. The minimum Gasteiger partial charge on any atom is -0.329 e. The van der Waals surface area contributed by atoms with Crippen molar-refractivity contribution in [2.24, 2.45) is 11.7 Å². The van der Waals surface area contributed by atoms with E-state index in [-0.39, 0.29) is 0 Å². The van der Waals surface area contributed by atoms with Crippen LogP contribution in [0.25, 0.3) is 0 Å². The van der Waals surface area contributed by atoms with Crippen molar-refractivity contribution in [3.05, 3.63) is 0 Å². The van der Waals surface area contributed by atoms with Crippen molar-refractivity contribution < 1.29 is 0 Å². The van der Waals surface area contributed by atoms with Crippen molar-refractivity contribution >= 4 is 11.8 Å². The van der Waals surface area contributed by atoms with Gasteiger partial charge in [0.05, 0.1) is 0 Å². The Bertz CT molecular complexity index is 140. The minimum absolute atomic E-state index is 0.580. The summed E-state index contributed by atoms with van der Waals surface area (Å²) >= 11 is 2.02. The number of hydrogen-bond acceptors (Lipinski definition) is 3. The Labute approximate surface area is 100.0 Å². The molecule has 0 spiro atoms. The zero-order valence-corrected chi connectivity index (χ0v) is 11.6. The number of nitrogens with zero attached hydrogens (tertiary/aromatic N) is 1. The lowest BCUT2D eigenvalue weighted by Gasteiger charge is -2.31. The van der Waals surface area contributed by atoms with Crippen LogP contribution in [0.3, 0.4) is 0 Å². The van der Waals surface area contributed by atoms with E-state index in [1.807, 2.05) is 11.8 Å². The summed E-state index contributed by atoms with van der Waals surface area (Å²) in [6, 6.07) is 0.580. The van der Waals surface area contributed by atoms with Crippen LogP contribution >= 0.6 is 11.8 Å². The smallest absolute Gasteiger partial charge is 0.0226 e. The first kappa shape index (κ1) is 15.3. The van der Waals surface area contributed by atoms with E-state index in [9.17, 15) is 0 Å². The van der Waals surface area contributed by atoms with Crippen molar-refractivity contribution in [1.82, 2.24) is 4.90 Å². The van der Waals surface area contributed by atoms with Crippen LogP contribution in [-0.4, -0.2) is 42.1 Å². The average Bonchev–Trinajstić information content (AvgIpc) is 2.21. The number of nitrogens with two attached hydrogens (primary N) is 1. The molecule has 2 nitrogen and oxygen atoms in total. The van der Waals surface area contributed by atoms with Crippen LogP contribution in [0.2, 0.25) is 0 Å². The highest BCUT2D eigenvalue weighted by molar-refractivity contribution is 7.99. The van der Waals surface area contributed by atoms with Crippen molar-refractivity contribution in [2.45, 2.75) is 40.2 Å². The molecule has 0 aromatic carbocycles. The second-order valence-corrected chi connectivity index (χ2v) is 5.75. The zero-order valence-electron chi connectivity index (χ0n) is 10.8. The summed E-state index contributed by atoms with van der Waals surface area (Å²) in [6.07, 6.45) is 1.23. The first-order chi connectivity index (χ1) is 7.15. The SMILES string of the molecule is CCSCCC(CN)N(CC)CC(C)C. The maximum absolute atomic E-state index is 5.86. The fourth-order valence-electron chi connectivity index (χ4n) is 1.82. The van der Waals surface area contributed by atoms with Crippen LogP contribution < -0.4 is 5.73 Å². The third kappa shape index (κ3) is 7.20. The highest BCUT2D eigenvalue weighted by Gasteiger charge is 2.15. The Balaban J connectivity index is 3.96. The van der Waals surface area contributed by atoms with Gasteiger partial charge in [0.1, 0.15) is 0 Å². The van der Waals surface area contributed by atoms with Gasteiger partial charge < -0.3 is 5.73 Å². The Kier molecular flexibility index (Phi) is 9.66. The largest absolute Gasteiger partial charge is 0.329 e. The van der Waals surface area contributed by atoms with Gasteiger partial charge >= 0.3 is 0 Å². The van der Waals surface area contributed by atoms with Gasteiger partial charge in [0.2, 0.25) is 0 Å².